The number of nitrogens with one attached hydrogen (secondary N) is 1. The molecule has 0 aliphatic carbocycles. The number of piperidine rings is 1. The van der Waals surface area contributed by atoms with Crippen LogP contribution in [0.3, 0.4) is 0 Å². The smallest absolute Gasteiger partial charge is 0.263 e. The van der Waals surface area contributed by atoms with E-state index in [0.29, 0.717) is 22.9 Å². The first-order chi connectivity index (χ1) is 9.58. The van der Waals surface area contributed by atoms with Gasteiger partial charge in [0.2, 0.25) is 0 Å². The van der Waals surface area contributed by atoms with E-state index in [-0.39, 0.29) is 12.0 Å². The lowest BCUT2D eigenvalue weighted by atomic mass is 10.1. The van der Waals surface area contributed by atoms with Crippen LogP contribution in [0.4, 0.5) is 10.7 Å². The maximum absolute atomic E-state index is 12.0. The lowest BCUT2D eigenvalue weighted by Gasteiger charge is -2.30. The minimum absolute atomic E-state index is 0.170. The molecule has 2 rings (SSSR count). The monoisotopic (exact) mass is 299 g/mol. The first-order valence-corrected chi connectivity index (χ1v) is 7.57. The van der Waals surface area contributed by atoms with Crippen LogP contribution in [0.1, 0.15) is 29.4 Å². The number of aliphatic hydroxyl groups is 1. The second-order valence-corrected chi connectivity index (χ2v) is 5.76. The second-order valence-electron chi connectivity index (χ2n) is 4.76. The fourth-order valence-corrected chi connectivity index (χ4v) is 3.46. The van der Waals surface area contributed by atoms with Crippen LogP contribution in [-0.2, 0) is 0 Å². The maximum Gasteiger partial charge on any atom is 0.263 e. The lowest BCUT2D eigenvalue weighted by Crippen LogP contribution is -2.35. The number of hydrogen-bond donors (Lipinski definition) is 3. The summed E-state index contributed by atoms with van der Waals surface area (Å²) in [6.45, 7) is 3.91. The van der Waals surface area contributed by atoms with Crippen LogP contribution in [0.15, 0.2) is 0 Å². The fourth-order valence-electron chi connectivity index (χ4n) is 2.30. The Balaban J connectivity index is 2.28. The molecule has 1 aliphatic rings. The molecule has 112 valence electrons. The molecule has 1 fully saturated rings. The van der Waals surface area contributed by atoms with Crippen molar-refractivity contribution in [1.82, 2.24) is 5.32 Å². The highest BCUT2D eigenvalue weighted by Crippen LogP contribution is 2.45. The number of nitrogens with two attached hydrogens (primary N) is 1. The molecule has 20 heavy (non-hydrogen) atoms. The minimum atomic E-state index is -0.239. The predicted molar refractivity (Wildman–Crippen MR) is 80.7 cm³/mol. The molecule has 0 spiro atoms. The third kappa shape index (κ3) is 2.83. The minimum Gasteiger partial charge on any atom is -0.492 e. The van der Waals surface area contributed by atoms with Crippen molar-refractivity contribution < 1.29 is 14.6 Å². The molecular weight excluding hydrogens is 278 g/mol. The molecule has 1 aliphatic heterocycles. The number of anilines is 2. The van der Waals surface area contributed by atoms with E-state index in [1.54, 1.807) is 7.11 Å². The molecule has 4 N–H and O–H groups in total. The number of carbonyl (C=O) groups excluding carboxylic acids is 1. The number of thiophene rings is 1. The van der Waals surface area contributed by atoms with Gasteiger partial charge >= 0.3 is 0 Å². The predicted octanol–water partition coefficient (Wildman–Crippen LogP) is 1.05. The van der Waals surface area contributed by atoms with E-state index in [9.17, 15) is 9.90 Å². The van der Waals surface area contributed by atoms with Crippen LogP contribution < -0.4 is 20.7 Å². The van der Waals surface area contributed by atoms with Gasteiger partial charge in [-0.05, 0) is 19.8 Å². The number of methoxy groups -OCH3 is 1. The van der Waals surface area contributed by atoms with Gasteiger partial charge in [-0.25, -0.2) is 0 Å². The van der Waals surface area contributed by atoms with Gasteiger partial charge in [0.05, 0.1) is 13.2 Å². The van der Waals surface area contributed by atoms with Gasteiger partial charge < -0.3 is 25.8 Å². The van der Waals surface area contributed by atoms with Crippen LogP contribution in [0.2, 0.25) is 0 Å². The van der Waals surface area contributed by atoms with Crippen LogP contribution in [0, 0.1) is 0 Å². The summed E-state index contributed by atoms with van der Waals surface area (Å²) in [5.41, 5.74) is 6.42. The summed E-state index contributed by atoms with van der Waals surface area (Å²) in [5, 5.41) is 13.2. The van der Waals surface area contributed by atoms with Crippen molar-refractivity contribution in [3.05, 3.63) is 4.88 Å². The quantitative estimate of drug-likeness (QED) is 0.773. The van der Waals surface area contributed by atoms with E-state index in [4.69, 9.17) is 10.5 Å². The second kappa shape index (κ2) is 6.32. The summed E-state index contributed by atoms with van der Waals surface area (Å²) in [6.07, 6.45) is 1.20. The van der Waals surface area contributed by atoms with Crippen molar-refractivity contribution in [3.8, 4) is 5.75 Å². The molecule has 1 saturated heterocycles. The Kier molecular flexibility index (Phi) is 4.72. The molecule has 1 aromatic heterocycles. The summed E-state index contributed by atoms with van der Waals surface area (Å²) in [7, 11) is 1.56. The van der Waals surface area contributed by atoms with E-state index >= 15 is 0 Å². The highest BCUT2D eigenvalue weighted by Gasteiger charge is 2.27. The highest BCUT2D eigenvalue weighted by molar-refractivity contribution is 7.19. The largest absolute Gasteiger partial charge is 0.492 e. The molecule has 1 amide bonds. The van der Waals surface area contributed by atoms with Crippen LogP contribution in [0.5, 0.6) is 5.75 Å². The molecule has 0 atom stereocenters. The number of amides is 1. The average molecular weight is 299 g/mol. The molecule has 0 saturated carbocycles. The van der Waals surface area contributed by atoms with Crippen LogP contribution >= 0.6 is 11.3 Å². The average Bonchev–Trinajstić information content (AvgIpc) is 2.77. The number of aliphatic hydroxyl groups excluding tert-OH is 1. The molecule has 2 heterocycles. The van der Waals surface area contributed by atoms with E-state index in [0.717, 1.165) is 30.9 Å². The molecule has 6 nitrogen and oxygen atoms in total. The van der Waals surface area contributed by atoms with E-state index < -0.39 is 0 Å². The maximum atomic E-state index is 12.0. The zero-order chi connectivity index (χ0) is 14.7. The number of nitrogens with zero attached hydrogens (tertiary/aromatic N) is 1. The van der Waals surface area contributed by atoms with Gasteiger partial charge in [-0.1, -0.05) is 0 Å². The van der Waals surface area contributed by atoms with E-state index in [1.165, 1.54) is 11.3 Å². The number of hydrogen-bond acceptors (Lipinski definition) is 6. The zero-order valence-electron chi connectivity index (χ0n) is 11.8. The molecule has 0 unspecified atom stereocenters. The van der Waals surface area contributed by atoms with Gasteiger partial charge in [-0.3, -0.25) is 4.79 Å². The summed E-state index contributed by atoms with van der Waals surface area (Å²) in [4.78, 5) is 14.6. The summed E-state index contributed by atoms with van der Waals surface area (Å²) >= 11 is 1.35. The van der Waals surface area contributed by atoms with E-state index in [2.05, 4.69) is 10.2 Å². The number of carbonyl (C=O) groups is 1. The van der Waals surface area contributed by atoms with Crippen LogP contribution in [0.25, 0.3) is 0 Å². The summed E-state index contributed by atoms with van der Waals surface area (Å²) in [6, 6.07) is 0. The van der Waals surface area contributed by atoms with Crippen molar-refractivity contribution in [2.45, 2.75) is 25.9 Å². The Morgan fingerprint density at radius 2 is 2.20 bits per heavy atom. The van der Waals surface area contributed by atoms with Crippen molar-refractivity contribution >= 4 is 27.9 Å². The standard InChI is InChI=1S/C13H21N3O3S/c1-3-15-12(18)11-9(14)10(19-2)13(20-11)16-6-4-8(17)5-7-16/h8,17H,3-7,14H2,1-2H3,(H,15,18). The molecule has 0 aromatic carbocycles. The van der Waals surface area contributed by atoms with Crippen LogP contribution in [-0.4, -0.2) is 43.9 Å². The topological polar surface area (TPSA) is 87.8 Å². The van der Waals surface area contributed by atoms with Crippen molar-refractivity contribution in [1.29, 1.82) is 0 Å². The number of rotatable bonds is 4. The number of nitrogen functional groups attached to an aromatic ring is 1. The molecule has 1 aromatic rings. The van der Waals surface area contributed by atoms with Crippen molar-refractivity contribution in [2.75, 3.05) is 37.4 Å². The lowest BCUT2D eigenvalue weighted by molar-refractivity contribution is 0.0960. The highest BCUT2D eigenvalue weighted by atomic mass is 32.1. The first-order valence-electron chi connectivity index (χ1n) is 6.75. The Morgan fingerprint density at radius 3 is 2.75 bits per heavy atom. The normalized spacial score (nSPS) is 16.2. The van der Waals surface area contributed by atoms with Gasteiger partial charge in [0.1, 0.15) is 15.6 Å². The van der Waals surface area contributed by atoms with Gasteiger partial charge in [-0.15, -0.1) is 11.3 Å². The molecule has 0 radical (unpaired) electrons. The molecular formula is C13H21N3O3S. The van der Waals surface area contributed by atoms with Gasteiger partial charge in [0, 0.05) is 19.6 Å². The first kappa shape index (κ1) is 14.9. The Bertz CT molecular complexity index is 481. The fraction of sp³-hybridized carbons (Fsp3) is 0.615. The summed E-state index contributed by atoms with van der Waals surface area (Å²) < 4.78 is 5.37. The third-order valence-electron chi connectivity index (χ3n) is 3.38. The molecule has 0 bridgehead atoms. The van der Waals surface area contributed by atoms with Crippen molar-refractivity contribution in [3.63, 3.8) is 0 Å². The molecule has 7 heteroatoms. The Labute approximate surface area is 122 Å². The Morgan fingerprint density at radius 1 is 1.55 bits per heavy atom. The Hall–Kier alpha value is -1.47. The number of ether oxygens (including phenoxy) is 1. The van der Waals surface area contributed by atoms with Gasteiger partial charge in [0.25, 0.3) is 5.91 Å². The van der Waals surface area contributed by atoms with Crippen molar-refractivity contribution in [2.24, 2.45) is 0 Å². The van der Waals surface area contributed by atoms with Gasteiger partial charge in [-0.2, -0.15) is 0 Å². The summed E-state index contributed by atoms with van der Waals surface area (Å²) in [5.74, 6) is 0.393. The van der Waals surface area contributed by atoms with E-state index in [1.807, 2.05) is 6.92 Å². The zero-order valence-corrected chi connectivity index (χ0v) is 12.6. The SMILES string of the molecule is CCNC(=O)c1sc(N2CCC(O)CC2)c(OC)c1N. The third-order valence-corrected chi connectivity index (χ3v) is 4.63. The van der Waals surface area contributed by atoms with Gasteiger partial charge in [0.15, 0.2) is 5.75 Å².